The molecule has 0 spiro atoms. The molecule has 0 bridgehead atoms. The van der Waals surface area contributed by atoms with Crippen LogP contribution in [0, 0.1) is 0 Å². The molecule has 4 rings (SSSR count). The highest BCUT2D eigenvalue weighted by atomic mass is 19.4. The maximum absolute atomic E-state index is 16.2. The Kier molecular flexibility index (Phi) is 6.90. The van der Waals surface area contributed by atoms with Crippen LogP contribution in [0.2, 0.25) is 0 Å². The van der Waals surface area contributed by atoms with Gasteiger partial charge in [-0.15, -0.1) is 0 Å². The van der Waals surface area contributed by atoms with Gasteiger partial charge in [-0.2, -0.15) is 22.0 Å². The topological polar surface area (TPSA) is 111 Å². The molecule has 0 aromatic heterocycles. The Morgan fingerprint density at radius 1 is 0.513 bits per heavy atom. The van der Waals surface area contributed by atoms with E-state index in [9.17, 15) is 32.2 Å². The maximum Gasteiger partial charge on any atom is 0.457 e. The van der Waals surface area contributed by atoms with Crippen molar-refractivity contribution in [1.29, 1.82) is 0 Å². The molecule has 0 aliphatic carbocycles. The molecule has 0 amide bonds. The summed E-state index contributed by atoms with van der Waals surface area (Å²) in [5.41, 5.74) is 4.84. The number of hydrogen-bond acceptors (Lipinski definition) is 6. The molecular weight excluding hydrogens is 530 g/mol. The van der Waals surface area contributed by atoms with Gasteiger partial charge in [-0.3, -0.25) is 0 Å². The van der Waals surface area contributed by atoms with Crippen LogP contribution in [0.25, 0.3) is 0 Å². The first-order valence-electron chi connectivity index (χ1n) is 11.1. The number of phenols is 2. The van der Waals surface area contributed by atoms with Gasteiger partial charge in [0, 0.05) is 23.3 Å². The predicted molar refractivity (Wildman–Crippen MR) is 131 cm³/mol. The molecule has 6 nitrogen and oxygen atoms in total. The largest absolute Gasteiger partial charge is 0.506 e. The molecule has 0 saturated carbocycles. The van der Waals surface area contributed by atoms with E-state index in [-0.39, 0.29) is 45.9 Å². The van der Waals surface area contributed by atoms with E-state index < -0.39 is 28.9 Å². The van der Waals surface area contributed by atoms with Gasteiger partial charge < -0.3 is 31.2 Å². The van der Waals surface area contributed by atoms with Crippen LogP contribution in [0.1, 0.15) is 11.1 Å². The summed E-state index contributed by atoms with van der Waals surface area (Å²) in [5.74, 6) is -6.01. The van der Waals surface area contributed by atoms with Crippen LogP contribution in [0.4, 0.5) is 37.7 Å². The molecule has 204 valence electrons. The minimum Gasteiger partial charge on any atom is -0.506 e. The van der Waals surface area contributed by atoms with Gasteiger partial charge in [0.05, 0.1) is 11.4 Å². The highest BCUT2D eigenvalue weighted by molar-refractivity contribution is 5.57. The molecule has 39 heavy (non-hydrogen) atoms. The number of anilines is 2. The van der Waals surface area contributed by atoms with E-state index in [1.165, 1.54) is 36.4 Å². The second-order valence-electron chi connectivity index (χ2n) is 8.42. The number of ether oxygens (including phenoxy) is 2. The Bertz CT molecular complexity index is 1380. The third-order valence-corrected chi connectivity index (χ3v) is 5.76. The number of phenolic OH excluding ortho intramolecular Hbond substituents is 2. The van der Waals surface area contributed by atoms with Crippen LogP contribution >= 0.6 is 0 Å². The lowest BCUT2D eigenvalue weighted by atomic mass is 9.82. The molecular formula is C27H20F6N2O4. The molecule has 6 N–H and O–H groups in total. The summed E-state index contributed by atoms with van der Waals surface area (Å²) in [4.78, 5) is 0. The summed E-state index contributed by atoms with van der Waals surface area (Å²) < 4.78 is 97.1. The summed E-state index contributed by atoms with van der Waals surface area (Å²) in [6.45, 7) is 0. The lowest BCUT2D eigenvalue weighted by Gasteiger charge is -2.35. The SMILES string of the molecule is Nc1cc(Oc2ccc(C(F)(c3ccc(Oc4ccc(O)c(N)c4)cc3)C(F)(F)C(F)(F)F)cc2)ccc1O. The molecule has 0 heterocycles. The molecule has 12 heteroatoms. The minimum atomic E-state index is -6.24. The Labute approximate surface area is 217 Å². The molecule has 0 fully saturated rings. The minimum absolute atomic E-state index is 0.0153. The first-order valence-corrected chi connectivity index (χ1v) is 11.1. The van der Waals surface area contributed by atoms with Crippen molar-refractivity contribution in [2.24, 2.45) is 0 Å². The zero-order valence-electron chi connectivity index (χ0n) is 19.7. The fraction of sp³-hybridized carbons (Fsp3) is 0.111. The van der Waals surface area contributed by atoms with Crippen molar-refractivity contribution in [1.82, 2.24) is 0 Å². The number of halogens is 6. The van der Waals surface area contributed by atoms with Gasteiger partial charge in [0.25, 0.3) is 0 Å². The second kappa shape index (κ2) is 9.86. The van der Waals surface area contributed by atoms with Crippen molar-refractivity contribution < 1.29 is 46.0 Å². The Hall–Kier alpha value is -4.74. The van der Waals surface area contributed by atoms with E-state index >= 15 is 4.39 Å². The fourth-order valence-corrected chi connectivity index (χ4v) is 3.69. The smallest absolute Gasteiger partial charge is 0.457 e. The molecule has 0 unspecified atom stereocenters. The van der Waals surface area contributed by atoms with E-state index in [1.807, 2.05) is 0 Å². The number of aromatic hydroxyl groups is 2. The summed E-state index contributed by atoms with van der Waals surface area (Å²) in [6.07, 6.45) is -6.24. The average molecular weight is 550 g/mol. The van der Waals surface area contributed by atoms with Crippen molar-refractivity contribution in [3.8, 4) is 34.5 Å². The number of alkyl halides is 6. The van der Waals surface area contributed by atoms with E-state index in [4.69, 9.17) is 20.9 Å². The zero-order chi connectivity index (χ0) is 28.6. The van der Waals surface area contributed by atoms with Crippen LogP contribution in [0.15, 0.2) is 84.9 Å². The highest BCUT2D eigenvalue weighted by Gasteiger charge is 2.72. The van der Waals surface area contributed by atoms with Crippen LogP contribution in [-0.2, 0) is 5.67 Å². The maximum atomic E-state index is 16.2. The zero-order valence-corrected chi connectivity index (χ0v) is 19.7. The Morgan fingerprint density at radius 3 is 1.15 bits per heavy atom. The van der Waals surface area contributed by atoms with Crippen LogP contribution in [0.3, 0.4) is 0 Å². The molecule has 4 aromatic rings. The highest BCUT2D eigenvalue weighted by Crippen LogP contribution is 2.54. The van der Waals surface area contributed by atoms with E-state index in [2.05, 4.69) is 0 Å². The van der Waals surface area contributed by atoms with Crippen LogP contribution < -0.4 is 20.9 Å². The normalized spacial score (nSPS) is 12.3. The molecule has 0 radical (unpaired) electrons. The van der Waals surface area contributed by atoms with Crippen molar-refractivity contribution in [2.75, 3.05) is 11.5 Å². The predicted octanol–water partition coefficient (Wildman–Crippen LogP) is 7.26. The number of nitrogen functional groups attached to an aromatic ring is 2. The number of nitrogens with two attached hydrogens (primary N) is 2. The lowest BCUT2D eigenvalue weighted by Crippen LogP contribution is -2.53. The lowest BCUT2D eigenvalue weighted by molar-refractivity contribution is -0.323. The summed E-state index contributed by atoms with van der Waals surface area (Å²) in [6, 6.07) is 14.8. The van der Waals surface area contributed by atoms with Crippen LogP contribution in [-0.4, -0.2) is 22.3 Å². The quantitative estimate of drug-likeness (QED) is 0.110. The standard InChI is InChI=1S/C27H20F6N2O4/c28-25(26(29,30)27(31,32)33,15-1-5-17(6-2-15)38-19-9-11-23(36)21(34)13-19)16-3-7-18(8-4-16)39-20-10-12-24(37)22(35)14-20/h1-14,36-37H,34-35H2. The van der Waals surface area contributed by atoms with Crippen molar-refractivity contribution in [2.45, 2.75) is 17.8 Å². The molecule has 0 aliphatic rings. The summed E-state index contributed by atoms with van der Waals surface area (Å²) in [7, 11) is 0. The van der Waals surface area contributed by atoms with Crippen molar-refractivity contribution in [3.63, 3.8) is 0 Å². The average Bonchev–Trinajstić information content (AvgIpc) is 2.88. The Morgan fingerprint density at radius 2 is 0.846 bits per heavy atom. The van der Waals surface area contributed by atoms with E-state index in [1.54, 1.807) is 0 Å². The van der Waals surface area contributed by atoms with Crippen molar-refractivity contribution in [3.05, 3.63) is 96.1 Å². The van der Waals surface area contributed by atoms with Gasteiger partial charge in [-0.05, 0) is 48.5 Å². The Balaban J connectivity index is 1.68. The second-order valence-corrected chi connectivity index (χ2v) is 8.42. The van der Waals surface area contributed by atoms with E-state index in [0.29, 0.717) is 0 Å². The molecule has 0 atom stereocenters. The van der Waals surface area contributed by atoms with Gasteiger partial charge in [0.2, 0.25) is 5.67 Å². The van der Waals surface area contributed by atoms with E-state index in [0.717, 1.165) is 48.5 Å². The monoisotopic (exact) mass is 550 g/mol. The van der Waals surface area contributed by atoms with Crippen molar-refractivity contribution >= 4 is 11.4 Å². The van der Waals surface area contributed by atoms with Crippen LogP contribution in [0.5, 0.6) is 34.5 Å². The summed E-state index contributed by atoms with van der Waals surface area (Å²) >= 11 is 0. The number of benzene rings is 4. The third-order valence-electron chi connectivity index (χ3n) is 5.76. The van der Waals surface area contributed by atoms with Gasteiger partial charge in [-0.1, -0.05) is 24.3 Å². The summed E-state index contributed by atoms with van der Waals surface area (Å²) in [5, 5.41) is 19.0. The molecule has 0 aliphatic heterocycles. The first-order chi connectivity index (χ1) is 18.2. The first kappa shape index (κ1) is 27.3. The van der Waals surface area contributed by atoms with Gasteiger partial charge in [-0.25, -0.2) is 4.39 Å². The third kappa shape index (κ3) is 5.17. The number of rotatable bonds is 7. The molecule has 0 saturated heterocycles. The number of hydrogen-bond donors (Lipinski definition) is 4. The van der Waals surface area contributed by atoms with Gasteiger partial charge >= 0.3 is 12.1 Å². The molecule has 4 aromatic carbocycles. The van der Waals surface area contributed by atoms with Gasteiger partial charge in [0.1, 0.15) is 34.5 Å². The fourth-order valence-electron chi connectivity index (χ4n) is 3.69. The van der Waals surface area contributed by atoms with Gasteiger partial charge in [0.15, 0.2) is 0 Å².